The number of carbonyl (C=O) groups excluding carboxylic acids is 2. The third kappa shape index (κ3) is 1.95. The van der Waals surface area contributed by atoms with Gasteiger partial charge in [-0.2, -0.15) is 0 Å². The molecule has 1 heterocycles. The van der Waals surface area contributed by atoms with E-state index in [1.807, 2.05) is 0 Å². The molecule has 0 atom stereocenters. The van der Waals surface area contributed by atoms with Crippen LogP contribution in [-0.2, 0) is 4.79 Å². The lowest BCUT2D eigenvalue weighted by atomic mass is 10.1. The third-order valence-electron chi connectivity index (χ3n) is 2.31. The van der Waals surface area contributed by atoms with Crippen LogP contribution < -0.4 is 9.64 Å². The molecule has 0 aromatic heterocycles. The number of halogens is 3. The summed E-state index contributed by atoms with van der Waals surface area (Å²) in [4.78, 5) is 23.7. The molecule has 4 nitrogen and oxygen atoms in total. The predicted octanol–water partition coefficient (Wildman–Crippen LogP) is 1.74. The average molecular weight is 245 g/mol. The molecule has 1 aromatic rings. The first-order valence-corrected chi connectivity index (χ1v) is 4.52. The lowest BCUT2D eigenvalue weighted by Crippen LogP contribution is -2.24. The number of carbonyl (C=O) groups is 2. The quantitative estimate of drug-likeness (QED) is 0.708. The molecule has 90 valence electrons. The first kappa shape index (κ1) is 11.4. The minimum absolute atomic E-state index is 0.0840. The molecule has 0 saturated carbocycles. The first-order valence-electron chi connectivity index (χ1n) is 4.52. The Morgan fingerprint density at radius 2 is 1.88 bits per heavy atom. The summed E-state index contributed by atoms with van der Waals surface area (Å²) in [5.74, 6) is -2.13. The van der Waals surface area contributed by atoms with Crippen LogP contribution in [0.4, 0.5) is 18.9 Å². The highest BCUT2D eigenvalue weighted by Gasteiger charge is 2.36. The van der Waals surface area contributed by atoms with E-state index in [1.54, 1.807) is 0 Å². The zero-order valence-corrected chi connectivity index (χ0v) is 8.54. The standard InChI is InChI=1S/C10H6F3NO3/c1-14-7-3-2-5(17-10(11,12)13)4-6(7)8(15)9(14)16/h2-4H,1H3. The number of anilines is 1. The molecule has 1 aliphatic heterocycles. The van der Waals surface area contributed by atoms with Gasteiger partial charge in [-0.05, 0) is 18.2 Å². The van der Waals surface area contributed by atoms with Crippen molar-refractivity contribution in [3.8, 4) is 5.75 Å². The Kier molecular flexibility index (Phi) is 2.34. The Bertz CT molecular complexity index is 510. The van der Waals surface area contributed by atoms with Gasteiger partial charge in [-0.3, -0.25) is 9.59 Å². The van der Waals surface area contributed by atoms with Crippen LogP contribution in [0.25, 0.3) is 0 Å². The van der Waals surface area contributed by atoms with Gasteiger partial charge >= 0.3 is 6.36 Å². The highest BCUT2D eigenvalue weighted by Crippen LogP contribution is 2.32. The van der Waals surface area contributed by atoms with Gasteiger partial charge in [0.25, 0.3) is 11.7 Å². The Balaban J connectivity index is 2.40. The van der Waals surface area contributed by atoms with E-state index < -0.39 is 23.8 Å². The summed E-state index contributed by atoms with van der Waals surface area (Å²) in [7, 11) is 1.37. The summed E-state index contributed by atoms with van der Waals surface area (Å²) >= 11 is 0. The van der Waals surface area contributed by atoms with Gasteiger partial charge in [0.15, 0.2) is 0 Å². The van der Waals surface area contributed by atoms with Crippen molar-refractivity contribution in [2.45, 2.75) is 6.36 Å². The van der Waals surface area contributed by atoms with Gasteiger partial charge in [-0.15, -0.1) is 13.2 Å². The molecule has 1 aliphatic rings. The second-order valence-corrected chi connectivity index (χ2v) is 3.42. The van der Waals surface area contributed by atoms with Gasteiger partial charge in [0.1, 0.15) is 5.75 Å². The average Bonchev–Trinajstić information content (AvgIpc) is 2.42. The number of alkyl halides is 3. The highest BCUT2D eigenvalue weighted by molar-refractivity contribution is 6.52. The Hall–Kier alpha value is -2.05. The van der Waals surface area contributed by atoms with Crippen LogP contribution in [-0.4, -0.2) is 25.1 Å². The first-order chi connectivity index (χ1) is 7.79. The second kappa shape index (κ2) is 3.47. The monoisotopic (exact) mass is 245 g/mol. The van der Waals surface area contributed by atoms with Gasteiger partial charge in [-0.25, -0.2) is 0 Å². The van der Waals surface area contributed by atoms with E-state index in [2.05, 4.69) is 4.74 Å². The maximum Gasteiger partial charge on any atom is 0.573 e. The summed E-state index contributed by atoms with van der Waals surface area (Å²) in [5.41, 5.74) is 0.189. The molecule has 0 fully saturated rings. The lowest BCUT2D eigenvalue weighted by Gasteiger charge is -2.11. The smallest absolute Gasteiger partial charge is 0.406 e. The largest absolute Gasteiger partial charge is 0.573 e. The Morgan fingerprint density at radius 1 is 1.24 bits per heavy atom. The Labute approximate surface area is 93.6 Å². The molecule has 7 heteroatoms. The van der Waals surface area contributed by atoms with Gasteiger partial charge in [0, 0.05) is 7.05 Å². The summed E-state index contributed by atoms with van der Waals surface area (Å²) in [6.07, 6.45) is -4.83. The van der Waals surface area contributed by atoms with Crippen molar-refractivity contribution in [3.63, 3.8) is 0 Å². The van der Waals surface area contributed by atoms with Crippen LogP contribution in [0.3, 0.4) is 0 Å². The van der Waals surface area contributed by atoms with Crippen LogP contribution in [0.5, 0.6) is 5.75 Å². The van der Waals surface area contributed by atoms with Crippen LogP contribution in [0.15, 0.2) is 18.2 Å². The zero-order valence-electron chi connectivity index (χ0n) is 8.54. The van der Waals surface area contributed by atoms with Crippen LogP contribution in [0, 0.1) is 0 Å². The summed E-state index contributed by atoms with van der Waals surface area (Å²) < 4.78 is 39.5. The molecule has 0 saturated heterocycles. The van der Waals surface area contributed by atoms with Crippen molar-refractivity contribution in [2.75, 3.05) is 11.9 Å². The SMILES string of the molecule is CN1C(=O)C(=O)c2cc(OC(F)(F)F)ccc21. The number of ether oxygens (including phenoxy) is 1. The zero-order chi connectivity index (χ0) is 12.8. The lowest BCUT2D eigenvalue weighted by molar-refractivity contribution is -0.274. The van der Waals surface area contributed by atoms with E-state index in [1.165, 1.54) is 13.1 Å². The van der Waals surface area contributed by atoms with Gasteiger partial charge in [0.2, 0.25) is 0 Å². The van der Waals surface area contributed by atoms with Gasteiger partial charge < -0.3 is 9.64 Å². The molecule has 17 heavy (non-hydrogen) atoms. The number of ketones is 1. The van der Waals surface area contributed by atoms with Crippen molar-refractivity contribution < 1.29 is 27.5 Å². The summed E-state index contributed by atoms with van der Waals surface area (Å²) in [6.45, 7) is 0. The fourth-order valence-corrected chi connectivity index (χ4v) is 1.56. The third-order valence-corrected chi connectivity index (χ3v) is 2.31. The molecule has 2 rings (SSSR count). The molecule has 0 aliphatic carbocycles. The maximum atomic E-state index is 12.0. The number of benzene rings is 1. The minimum atomic E-state index is -4.83. The summed E-state index contributed by atoms with van der Waals surface area (Å²) in [6, 6.07) is 3.19. The maximum absolute atomic E-state index is 12.0. The van der Waals surface area contributed by atoms with E-state index in [0.717, 1.165) is 17.0 Å². The Morgan fingerprint density at radius 3 is 2.47 bits per heavy atom. The van der Waals surface area contributed by atoms with E-state index in [9.17, 15) is 22.8 Å². The predicted molar refractivity (Wildman–Crippen MR) is 50.9 cm³/mol. The van der Waals surface area contributed by atoms with Crippen LogP contribution in [0.1, 0.15) is 10.4 Å². The molecule has 0 N–H and O–H groups in total. The van der Waals surface area contributed by atoms with Crippen molar-refractivity contribution in [1.82, 2.24) is 0 Å². The molecule has 1 amide bonds. The van der Waals surface area contributed by atoms with Crippen molar-refractivity contribution in [1.29, 1.82) is 0 Å². The van der Waals surface area contributed by atoms with E-state index in [4.69, 9.17) is 0 Å². The molecule has 0 spiro atoms. The fourth-order valence-electron chi connectivity index (χ4n) is 1.56. The molecule has 0 bridgehead atoms. The van der Waals surface area contributed by atoms with Crippen molar-refractivity contribution in [2.24, 2.45) is 0 Å². The number of hydrogen-bond donors (Lipinski definition) is 0. The van der Waals surface area contributed by atoms with Gasteiger partial charge in [0.05, 0.1) is 11.3 Å². The number of fused-ring (bicyclic) bond motifs is 1. The van der Waals surface area contributed by atoms with Crippen LogP contribution >= 0.6 is 0 Å². The molecule has 0 radical (unpaired) electrons. The van der Waals surface area contributed by atoms with Crippen molar-refractivity contribution in [3.05, 3.63) is 23.8 Å². The van der Waals surface area contributed by atoms with Gasteiger partial charge in [-0.1, -0.05) is 0 Å². The van der Waals surface area contributed by atoms with Crippen LogP contribution in [0.2, 0.25) is 0 Å². The normalized spacial score (nSPS) is 15.2. The number of rotatable bonds is 1. The minimum Gasteiger partial charge on any atom is -0.406 e. The fraction of sp³-hybridized carbons (Fsp3) is 0.200. The number of hydrogen-bond acceptors (Lipinski definition) is 3. The number of amides is 1. The molecular formula is C10H6F3NO3. The second-order valence-electron chi connectivity index (χ2n) is 3.42. The highest BCUT2D eigenvalue weighted by atomic mass is 19.4. The topological polar surface area (TPSA) is 46.6 Å². The number of Topliss-reactive ketones (excluding diaryl/α,β-unsaturated/α-hetero) is 1. The van der Waals surface area contributed by atoms with E-state index in [-0.39, 0.29) is 11.3 Å². The molecule has 1 aromatic carbocycles. The number of likely N-dealkylation sites (N-methyl/N-ethyl adjacent to an activating group) is 1. The molecule has 0 unspecified atom stereocenters. The van der Waals surface area contributed by atoms with Crippen molar-refractivity contribution >= 4 is 17.4 Å². The van der Waals surface area contributed by atoms with E-state index in [0.29, 0.717) is 0 Å². The number of nitrogens with zero attached hydrogens (tertiary/aromatic N) is 1. The summed E-state index contributed by atoms with van der Waals surface area (Å²) in [5, 5.41) is 0. The van der Waals surface area contributed by atoms with E-state index >= 15 is 0 Å². The molecular weight excluding hydrogens is 239 g/mol.